The fraction of sp³-hybridized carbons (Fsp3) is 0.182. The minimum Gasteiger partial charge on any atom is -0.397 e. The minimum atomic E-state index is -4.35. The quantitative estimate of drug-likeness (QED) is 0.820. The van der Waals surface area contributed by atoms with Gasteiger partial charge in [-0.3, -0.25) is 0 Å². The van der Waals surface area contributed by atoms with E-state index >= 15 is 0 Å². The molecule has 90 valence electrons. The first kappa shape index (κ1) is 11.5. The van der Waals surface area contributed by atoms with Crippen molar-refractivity contribution in [3.8, 4) is 0 Å². The summed E-state index contributed by atoms with van der Waals surface area (Å²) < 4.78 is 39.3. The molecule has 0 atom stereocenters. The largest absolute Gasteiger partial charge is 0.413 e. The van der Waals surface area contributed by atoms with Crippen LogP contribution in [0.2, 0.25) is 0 Å². The summed E-state index contributed by atoms with van der Waals surface area (Å²) in [7, 11) is 0. The van der Waals surface area contributed by atoms with E-state index in [4.69, 9.17) is 5.73 Å². The second-order valence-electron chi connectivity index (χ2n) is 3.58. The Morgan fingerprint density at radius 3 is 2.71 bits per heavy atom. The molecule has 2 N–H and O–H groups in total. The van der Waals surface area contributed by atoms with Gasteiger partial charge in [0.25, 0.3) is 0 Å². The first-order valence-electron chi connectivity index (χ1n) is 4.91. The molecule has 1 heterocycles. The molecule has 0 unspecified atom stereocenters. The van der Waals surface area contributed by atoms with Crippen LogP contribution in [0.5, 0.6) is 0 Å². The van der Waals surface area contributed by atoms with Gasteiger partial charge in [0.15, 0.2) is 0 Å². The summed E-state index contributed by atoms with van der Waals surface area (Å²) in [6, 6.07) is 0. The average molecular weight is 241 g/mol. The first-order chi connectivity index (χ1) is 7.98. The highest BCUT2D eigenvalue weighted by Crippen LogP contribution is 2.31. The molecule has 0 saturated carbocycles. The van der Waals surface area contributed by atoms with Gasteiger partial charge in [0.2, 0.25) is 0 Å². The summed E-state index contributed by atoms with van der Waals surface area (Å²) in [5.41, 5.74) is 5.57. The fourth-order valence-corrected chi connectivity index (χ4v) is 1.55. The fourth-order valence-electron chi connectivity index (χ4n) is 1.55. The van der Waals surface area contributed by atoms with Crippen LogP contribution in [0, 0.1) is 0 Å². The Kier molecular flexibility index (Phi) is 2.79. The first-order valence-corrected chi connectivity index (χ1v) is 4.91. The van der Waals surface area contributed by atoms with Crippen LogP contribution in [0.15, 0.2) is 48.2 Å². The van der Waals surface area contributed by atoms with E-state index in [0.29, 0.717) is 5.70 Å². The maximum absolute atomic E-state index is 12.6. The molecule has 1 aliphatic rings. The number of imidazole rings is 1. The zero-order valence-corrected chi connectivity index (χ0v) is 8.78. The number of hydrogen-bond acceptors (Lipinski definition) is 2. The van der Waals surface area contributed by atoms with Crippen LogP contribution in [0.25, 0.3) is 5.70 Å². The van der Waals surface area contributed by atoms with Gasteiger partial charge in [0, 0.05) is 18.0 Å². The van der Waals surface area contributed by atoms with Gasteiger partial charge in [-0.25, -0.2) is 4.98 Å². The number of nitrogens with zero attached hydrogens (tertiary/aromatic N) is 2. The van der Waals surface area contributed by atoms with Crippen LogP contribution < -0.4 is 5.73 Å². The number of rotatable bonds is 1. The molecule has 0 aliphatic heterocycles. The zero-order valence-electron chi connectivity index (χ0n) is 8.78. The SMILES string of the molecule is NC1=C(n2ccnc2)C=CCC(C(F)(F)F)=C1. The van der Waals surface area contributed by atoms with E-state index in [0.717, 1.165) is 6.08 Å². The maximum atomic E-state index is 12.6. The van der Waals surface area contributed by atoms with Crippen molar-refractivity contribution in [3.05, 3.63) is 48.2 Å². The van der Waals surface area contributed by atoms with Crippen LogP contribution in [0.3, 0.4) is 0 Å². The van der Waals surface area contributed by atoms with Crippen LogP contribution in [-0.4, -0.2) is 15.7 Å². The molecule has 3 nitrogen and oxygen atoms in total. The molecule has 1 aromatic rings. The Morgan fingerprint density at radius 1 is 1.35 bits per heavy atom. The molecule has 0 spiro atoms. The van der Waals surface area contributed by atoms with Crippen molar-refractivity contribution < 1.29 is 13.2 Å². The molecule has 0 bridgehead atoms. The van der Waals surface area contributed by atoms with Gasteiger partial charge in [-0.2, -0.15) is 13.2 Å². The number of alkyl halides is 3. The van der Waals surface area contributed by atoms with E-state index in [1.54, 1.807) is 16.8 Å². The number of aromatic nitrogens is 2. The van der Waals surface area contributed by atoms with Gasteiger partial charge in [-0.05, 0) is 18.6 Å². The molecule has 0 fully saturated rings. The lowest BCUT2D eigenvalue weighted by Crippen LogP contribution is -2.12. The van der Waals surface area contributed by atoms with Crippen molar-refractivity contribution in [3.63, 3.8) is 0 Å². The second-order valence-corrected chi connectivity index (χ2v) is 3.58. The lowest BCUT2D eigenvalue weighted by Gasteiger charge is -2.09. The topological polar surface area (TPSA) is 43.8 Å². The third kappa shape index (κ3) is 2.41. The van der Waals surface area contributed by atoms with E-state index in [1.165, 1.54) is 18.6 Å². The predicted octanol–water partition coefficient (Wildman–Crippen LogP) is 2.46. The van der Waals surface area contributed by atoms with Gasteiger partial charge in [0.05, 0.1) is 17.7 Å². The number of halogens is 3. The monoisotopic (exact) mass is 241 g/mol. The Balaban J connectivity index is 2.45. The average Bonchev–Trinajstić information content (AvgIpc) is 2.67. The van der Waals surface area contributed by atoms with Crippen molar-refractivity contribution in [2.24, 2.45) is 5.73 Å². The third-order valence-electron chi connectivity index (χ3n) is 2.39. The molecule has 0 radical (unpaired) electrons. The molecule has 1 aliphatic carbocycles. The van der Waals surface area contributed by atoms with E-state index in [2.05, 4.69) is 4.98 Å². The molecule has 0 saturated heterocycles. The molecule has 17 heavy (non-hydrogen) atoms. The van der Waals surface area contributed by atoms with E-state index in [9.17, 15) is 13.2 Å². The molecule has 0 aromatic carbocycles. The van der Waals surface area contributed by atoms with Crippen molar-refractivity contribution in [1.29, 1.82) is 0 Å². The minimum absolute atomic E-state index is 0.0732. The Labute approximate surface area is 95.8 Å². The summed E-state index contributed by atoms with van der Waals surface area (Å²) in [4.78, 5) is 3.83. The Morgan fingerprint density at radius 2 is 2.12 bits per heavy atom. The van der Waals surface area contributed by atoms with E-state index in [1.807, 2.05) is 0 Å². The lowest BCUT2D eigenvalue weighted by molar-refractivity contribution is -0.0929. The van der Waals surface area contributed by atoms with Gasteiger partial charge in [-0.1, -0.05) is 6.08 Å². The molecular formula is C11H10F3N3. The highest BCUT2D eigenvalue weighted by atomic mass is 19.4. The third-order valence-corrected chi connectivity index (χ3v) is 2.39. The van der Waals surface area contributed by atoms with Crippen molar-refractivity contribution in [1.82, 2.24) is 9.55 Å². The highest BCUT2D eigenvalue weighted by molar-refractivity contribution is 5.64. The van der Waals surface area contributed by atoms with Crippen LogP contribution in [0.4, 0.5) is 13.2 Å². The smallest absolute Gasteiger partial charge is 0.397 e. The predicted molar refractivity (Wildman–Crippen MR) is 57.5 cm³/mol. The van der Waals surface area contributed by atoms with Gasteiger partial charge in [-0.15, -0.1) is 0 Å². The number of allylic oxidation sites excluding steroid dienone is 5. The van der Waals surface area contributed by atoms with E-state index < -0.39 is 11.7 Å². The summed E-state index contributed by atoms with van der Waals surface area (Å²) >= 11 is 0. The number of nitrogens with two attached hydrogens (primary N) is 1. The summed E-state index contributed by atoms with van der Waals surface area (Å²) in [6.07, 6.45) is 4.09. The molecule has 1 aromatic heterocycles. The summed E-state index contributed by atoms with van der Waals surface area (Å²) in [6.45, 7) is 0. The lowest BCUT2D eigenvalue weighted by atomic mass is 10.1. The summed E-state index contributed by atoms with van der Waals surface area (Å²) in [5, 5.41) is 0. The van der Waals surface area contributed by atoms with Crippen molar-refractivity contribution >= 4 is 5.70 Å². The van der Waals surface area contributed by atoms with Crippen molar-refractivity contribution in [2.45, 2.75) is 12.6 Å². The highest BCUT2D eigenvalue weighted by Gasteiger charge is 2.33. The number of hydrogen-bond donors (Lipinski definition) is 1. The van der Waals surface area contributed by atoms with E-state index in [-0.39, 0.29) is 12.1 Å². The molecule has 0 amide bonds. The molecular weight excluding hydrogens is 231 g/mol. The zero-order chi connectivity index (χ0) is 12.5. The van der Waals surface area contributed by atoms with Crippen LogP contribution in [0.1, 0.15) is 6.42 Å². The van der Waals surface area contributed by atoms with Crippen LogP contribution in [-0.2, 0) is 0 Å². The second kappa shape index (κ2) is 4.12. The normalized spacial score (nSPS) is 17.0. The van der Waals surface area contributed by atoms with Crippen molar-refractivity contribution in [2.75, 3.05) is 0 Å². The van der Waals surface area contributed by atoms with Gasteiger partial charge >= 0.3 is 6.18 Å². The van der Waals surface area contributed by atoms with Gasteiger partial charge < -0.3 is 10.3 Å². The maximum Gasteiger partial charge on any atom is 0.413 e. The standard InChI is InChI=1S/C11H10F3N3/c12-11(13,14)8-2-1-3-10(9(15)6-8)17-5-4-16-7-17/h1,3-7H,2,15H2. The Bertz CT molecular complexity index is 493. The molecule has 6 heteroatoms. The molecule has 2 rings (SSSR count). The van der Waals surface area contributed by atoms with Crippen LogP contribution >= 0.6 is 0 Å². The van der Waals surface area contributed by atoms with Gasteiger partial charge in [0.1, 0.15) is 0 Å². The Hall–Kier alpha value is -1.98. The summed E-state index contributed by atoms with van der Waals surface area (Å²) in [5.74, 6) is 0.